The highest BCUT2D eigenvalue weighted by molar-refractivity contribution is 5.31. The number of methoxy groups -OCH3 is 1. The average Bonchev–Trinajstić information content (AvgIpc) is 2.57. The first-order valence-corrected chi connectivity index (χ1v) is 8.07. The highest BCUT2D eigenvalue weighted by Crippen LogP contribution is 2.25. The van der Waals surface area contributed by atoms with E-state index < -0.39 is 11.6 Å². The van der Waals surface area contributed by atoms with Gasteiger partial charge in [-0.15, -0.1) is 0 Å². The minimum absolute atomic E-state index is 0.0685. The molecule has 0 saturated carbocycles. The highest BCUT2D eigenvalue weighted by atomic mass is 19.1. The number of hydrogen-bond acceptors (Lipinski definition) is 4. The molecule has 1 aliphatic rings. The van der Waals surface area contributed by atoms with Gasteiger partial charge in [0.05, 0.1) is 7.11 Å². The van der Waals surface area contributed by atoms with E-state index in [-0.39, 0.29) is 23.8 Å². The molecule has 0 saturated heterocycles. The van der Waals surface area contributed by atoms with Gasteiger partial charge in [0.2, 0.25) is 0 Å². The fourth-order valence-corrected chi connectivity index (χ4v) is 2.88. The van der Waals surface area contributed by atoms with E-state index in [1.165, 1.54) is 19.2 Å². The normalized spacial score (nSPS) is 14.8. The molecule has 0 radical (unpaired) electrons. The number of hydrogen-bond donors (Lipinski definition) is 0. The van der Waals surface area contributed by atoms with Crippen LogP contribution in [0.15, 0.2) is 18.3 Å². The van der Waals surface area contributed by atoms with Crippen LogP contribution in [0.5, 0.6) is 5.75 Å². The van der Waals surface area contributed by atoms with Gasteiger partial charge < -0.3 is 4.74 Å². The predicted octanol–water partition coefficient (Wildman–Crippen LogP) is 3.45. The van der Waals surface area contributed by atoms with Crippen molar-refractivity contribution in [2.75, 3.05) is 13.7 Å². The lowest BCUT2D eigenvalue weighted by Crippen LogP contribution is -2.31. The van der Waals surface area contributed by atoms with Crippen LogP contribution in [0.25, 0.3) is 0 Å². The fraction of sp³-hybridized carbons (Fsp3) is 0.444. The molecule has 1 aromatic carbocycles. The largest absolute Gasteiger partial charge is 0.497 e. The third kappa shape index (κ3) is 3.38. The minimum Gasteiger partial charge on any atom is -0.497 e. The molecular formula is C18H21F2N3O. The predicted molar refractivity (Wildman–Crippen MR) is 86.8 cm³/mol. The van der Waals surface area contributed by atoms with Crippen molar-refractivity contribution >= 4 is 0 Å². The van der Waals surface area contributed by atoms with Gasteiger partial charge in [-0.3, -0.25) is 4.90 Å². The lowest BCUT2D eigenvalue weighted by molar-refractivity contribution is 0.235. The first kappa shape index (κ1) is 16.8. The van der Waals surface area contributed by atoms with Crippen LogP contribution in [0.3, 0.4) is 0 Å². The number of aromatic nitrogens is 2. The Morgan fingerprint density at radius 2 is 1.96 bits per heavy atom. The van der Waals surface area contributed by atoms with Crippen LogP contribution in [-0.4, -0.2) is 28.5 Å². The van der Waals surface area contributed by atoms with Crippen LogP contribution in [0.4, 0.5) is 8.78 Å². The molecule has 24 heavy (non-hydrogen) atoms. The van der Waals surface area contributed by atoms with Crippen LogP contribution in [-0.2, 0) is 19.5 Å². The molecule has 2 aromatic rings. The summed E-state index contributed by atoms with van der Waals surface area (Å²) in [4.78, 5) is 11.0. The molecule has 0 bridgehead atoms. The first-order chi connectivity index (χ1) is 11.5. The Balaban J connectivity index is 1.77. The van der Waals surface area contributed by atoms with Gasteiger partial charge in [-0.05, 0) is 0 Å². The van der Waals surface area contributed by atoms with E-state index in [9.17, 15) is 8.78 Å². The van der Waals surface area contributed by atoms with Gasteiger partial charge in [0.1, 0.15) is 23.2 Å². The van der Waals surface area contributed by atoms with Crippen molar-refractivity contribution in [2.24, 2.45) is 0 Å². The quantitative estimate of drug-likeness (QED) is 0.859. The molecule has 6 heteroatoms. The molecule has 0 spiro atoms. The second-order valence-corrected chi connectivity index (χ2v) is 6.39. The van der Waals surface area contributed by atoms with Crippen LogP contribution in [0.2, 0.25) is 0 Å². The Labute approximate surface area is 140 Å². The molecule has 0 fully saturated rings. The molecule has 0 aliphatic carbocycles. The summed E-state index contributed by atoms with van der Waals surface area (Å²) in [5.41, 5.74) is 2.14. The Bertz CT molecular complexity index is 726. The molecule has 0 unspecified atom stereocenters. The maximum absolute atomic E-state index is 14.1. The number of ether oxygens (including phenoxy) is 1. The fourth-order valence-electron chi connectivity index (χ4n) is 2.88. The zero-order valence-electron chi connectivity index (χ0n) is 14.1. The van der Waals surface area contributed by atoms with Crippen molar-refractivity contribution in [3.05, 3.63) is 52.6 Å². The van der Waals surface area contributed by atoms with Gasteiger partial charge in [0.15, 0.2) is 0 Å². The van der Waals surface area contributed by atoms with Gasteiger partial charge in [-0.25, -0.2) is 18.7 Å². The van der Waals surface area contributed by atoms with Crippen LogP contribution in [0.1, 0.15) is 42.4 Å². The third-order valence-electron chi connectivity index (χ3n) is 4.28. The Hall–Kier alpha value is -2.08. The van der Waals surface area contributed by atoms with Gasteiger partial charge in [0.25, 0.3) is 0 Å². The zero-order valence-corrected chi connectivity index (χ0v) is 14.1. The van der Waals surface area contributed by atoms with E-state index in [1.54, 1.807) is 0 Å². The van der Waals surface area contributed by atoms with Crippen LogP contribution >= 0.6 is 0 Å². The lowest BCUT2D eigenvalue weighted by Gasteiger charge is -2.28. The molecule has 0 amide bonds. The molecule has 4 nitrogen and oxygen atoms in total. The van der Waals surface area contributed by atoms with Crippen molar-refractivity contribution in [2.45, 2.75) is 39.3 Å². The third-order valence-corrected chi connectivity index (χ3v) is 4.28. The number of benzene rings is 1. The summed E-state index contributed by atoms with van der Waals surface area (Å²) < 4.78 is 33.1. The van der Waals surface area contributed by atoms with Crippen molar-refractivity contribution in [3.8, 4) is 5.75 Å². The van der Waals surface area contributed by atoms with Crippen LogP contribution < -0.4 is 4.74 Å². The maximum Gasteiger partial charge on any atom is 0.134 e. The lowest BCUT2D eigenvalue weighted by atomic mass is 10.0. The second kappa shape index (κ2) is 6.81. The van der Waals surface area contributed by atoms with Gasteiger partial charge in [-0.1, -0.05) is 13.8 Å². The molecule has 2 heterocycles. The Morgan fingerprint density at radius 1 is 1.25 bits per heavy atom. The van der Waals surface area contributed by atoms with Gasteiger partial charge >= 0.3 is 0 Å². The van der Waals surface area contributed by atoms with E-state index in [0.717, 1.165) is 23.5 Å². The maximum atomic E-state index is 14.1. The van der Waals surface area contributed by atoms with E-state index in [1.807, 2.05) is 11.1 Å². The Kier molecular flexibility index (Phi) is 4.76. The molecule has 3 rings (SSSR count). The number of halogens is 2. The van der Waals surface area contributed by atoms with E-state index in [2.05, 4.69) is 23.8 Å². The summed E-state index contributed by atoms with van der Waals surface area (Å²) in [6.07, 6.45) is 2.60. The summed E-state index contributed by atoms with van der Waals surface area (Å²) in [5.74, 6) is 0.158. The zero-order chi connectivity index (χ0) is 17.3. The molecule has 1 aliphatic heterocycles. The van der Waals surface area contributed by atoms with E-state index >= 15 is 0 Å². The number of fused-ring (bicyclic) bond motifs is 1. The van der Waals surface area contributed by atoms with Crippen molar-refractivity contribution in [1.82, 2.24) is 14.9 Å². The monoisotopic (exact) mass is 333 g/mol. The molecular weight excluding hydrogens is 312 g/mol. The van der Waals surface area contributed by atoms with Crippen molar-refractivity contribution < 1.29 is 13.5 Å². The van der Waals surface area contributed by atoms with E-state index in [4.69, 9.17) is 4.74 Å². The highest BCUT2D eigenvalue weighted by Gasteiger charge is 2.22. The molecule has 128 valence electrons. The summed E-state index contributed by atoms with van der Waals surface area (Å²) in [6, 6.07) is 2.43. The Morgan fingerprint density at radius 3 is 2.58 bits per heavy atom. The minimum atomic E-state index is -0.580. The summed E-state index contributed by atoms with van der Waals surface area (Å²) in [7, 11) is 1.39. The van der Waals surface area contributed by atoms with Crippen molar-refractivity contribution in [1.29, 1.82) is 0 Å². The van der Waals surface area contributed by atoms with Gasteiger partial charge in [-0.2, -0.15) is 0 Å². The smallest absolute Gasteiger partial charge is 0.134 e. The topological polar surface area (TPSA) is 38.2 Å². The number of nitrogens with zero attached hydrogens (tertiary/aromatic N) is 3. The molecule has 0 N–H and O–H groups in total. The van der Waals surface area contributed by atoms with Gasteiger partial charge in [0, 0.05) is 67.1 Å². The summed E-state index contributed by atoms with van der Waals surface area (Å²) in [6.45, 7) is 5.65. The summed E-state index contributed by atoms with van der Waals surface area (Å²) in [5, 5.41) is 0. The van der Waals surface area contributed by atoms with E-state index in [0.29, 0.717) is 13.1 Å². The molecule has 1 aromatic heterocycles. The summed E-state index contributed by atoms with van der Waals surface area (Å²) >= 11 is 0. The first-order valence-electron chi connectivity index (χ1n) is 8.07. The second-order valence-electron chi connectivity index (χ2n) is 6.39. The number of rotatable bonds is 4. The SMILES string of the molecule is COc1cc(F)c(CN2CCc3nc(C(C)C)ncc3C2)c(F)c1. The van der Waals surface area contributed by atoms with Crippen LogP contribution in [0, 0.1) is 11.6 Å². The van der Waals surface area contributed by atoms with Crippen molar-refractivity contribution in [3.63, 3.8) is 0 Å². The molecule has 0 atom stereocenters. The standard InChI is InChI=1S/C18H21F2N3O/c1-11(2)18-21-8-12-9-23(5-4-17(12)22-18)10-14-15(19)6-13(24-3)7-16(14)20/h6-8,11H,4-5,9-10H2,1-3H3. The average molecular weight is 333 g/mol.